The summed E-state index contributed by atoms with van der Waals surface area (Å²) in [6.07, 6.45) is 2.35. The zero-order valence-electron chi connectivity index (χ0n) is 20.1. The van der Waals surface area contributed by atoms with Gasteiger partial charge in [-0.2, -0.15) is 0 Å². The third kappa shape index (κ3) is 4.97. The van der Waals surface area contributed by atoms with Gasteiger partial charge in [0.05, 0.1) is 24.2 Å². The van der Waals surface area contributed by atoms with Crippen LogP contribution < -0.4 is 5.56 Å². The van der Waals surface area contributed by atoms with Gasteiger partial charge in [0.2, 0.25) is 5.91 Å². The van der Waals surface area contributed by atoms with Crippen molar-refractivity contribution in [2.75, 3.05) is 13.1 Å². The van der Waals surface area contributed by atoms with Crippen molar-refractivity contribution in [2.45, 2.75) is 51.7 Å². The summed E-state index contributed by atoms with van der Waals surface area (Å²) in [6.45, 7) is 7.03. The quantitative estimate of drug-likeness (QED) is 0.602. The van der Waals surface area contributed by atoms with E-state index in [1.807, 2.05) is 79.4 Å². The number of benzene rings is 2. The highest BCUT2D eigenvalue weighted by Gasteiger charge is 2.48. The highest BCUT2D eigenvalue weighted by Crippen LogP contribution is 2.40. The first kappa shape index (κ1) is 23.9. The fourth-order valence-corrected chi connectivity index (χ4v) is 4.75. The van der Waals surface area contributed by atoms with Crippen LogP contribution in [-0.4, -0.2) is 44.2 Å². The summed E-state index contributed by atoms with van der Waals surface area (Å²) >= 11 is 0. The molecule has 0 radical (unpaired) electrons. The molecule has 1 aliphatic rings. The largest absolute Gasteiger partial charge is 0.387 e. The predicted octanol–water partition coefficient (Wildman–Crippen LogP) is 4.09. The Hall–Kier alpha value is -3.25. The van der Waals surface area contributed by atoms with E-state index >= 15 is 0 Å². The Morgan fingerprint density at radius 2 is 1.74 bits per heavy atom. The number of rotatable bonds is 6. The van der Waals surface area contributed by atoms with Crippen LogP contribution in [0.15, 0.2) is 77.9 Å². The second-order valence-corrected chi connectivity index (χ2v) is 10.1. The molecule has 0 spiro atoms. The molecule has 6 nitrogen and oxygen atoms in total. The van der Waals surface area contributed by atoms with E-state index in [9.17, 15) is 14.7 Å². The Morgan fingerprint density at radius 1 is 1.09 bits per heavy atom. The number of amides is 1. The number of carbonyl (C=O) groups is 1. The molecular formula is C28H33N3O3. The molecule has 1 aromatic heterocycles. The zero-order chi connectivity index (χ0) is 24.3. The van der Waals surface area contributed by atoms with Crippen LogP contribution in [-0.2, 0) is 11.3 Å². The molecule has 2 heterocycles. The van der Waals surface area contributed by atoms with Crippen molar-refractivity contribution in [3.63, 3.8) is 0 Å². The van der Waals surface area contributed by atoms with Crippen molar-refractivity contribution in [3.8, 4) is 11.3 Å². The molecule has 0 aliphatic carbocycles. The monoisotopic (exact) mass is 459 g/mol. The first-order valence-electron chi connectivity index (χ1n) is 11.9. The van der Waals surface area contributed by atoms with Crippen LogP contribution in [0.1, 0.15) is 45.1 Å². The third-order valence-electron chi connectivity index (χ3n) is 7.22. The molecule has 3 aromatic rings. The first-order valence-corrected chi connectivity index (χ1v) is 11.9. The lowest BCUT2D eigenvalue weighted by Crippen LogP contribution is -2.60. The molecule has 0 saturated carbocycles. The number of likely N-dealkylation sites (tertiary alicyclic amines) is 1. The van der Waals surface area contributed by atoms with Crippen LogP contribution in [0, 0.1) is 5.41 Å². The van der Waals surface area contributed by atoms with Gasteiger partial charge >= 0.3 is 0 Å². The van der Waals surface area contributed by atoms with Crippen LogP contribution in [0.25, 0.3) is 11.3 Å². The Morgan fingerprint density at radius 3 is 2.35 bits per heavy atom. The number of hydrogen-bond donors (Lipinski definition) is 1. The summed E-state index contributed by atoms with van der Waals surface area (Å²) in [6, 6.07) is 21.1. The van der Waals surface area contributed by atoms with E-state index in [4.69, 9.17) is 0 Å². The van der Waals surface area contributed by atoms with Gasteiger partial charge in [0.1, 0.15) is 0 Å². The first-order chi connectivity index (χ1) is 16.2. The van der Waals surface area contributed by atoms with Crippen molar-refractivity contribution in [1.29, 1.82) is 0 Å². The van der Waals surface area contributed by atoms with E-state index in [1.165, 1.54) is 17.0 Å². The van der Waals surface area contributed by atoms with E-state index in [-0.39, 0.29) is 23.9 Å². The van der Waals surface area contributed by atoms with Gasteiger partial charge in [-0.1, -0.05) is 81.4 Å². The average Bonchev–Trinajstić information content (AvgIpc) is 2.83. The van der Waals surface area contributed by atoms with Gasteiger partial charge in [-0.25, -0.2) is 4.98 Å². The molecule has 34 heavy (non-hydrogen) atoms. The van der Waals surface area contributed by atoms with Crippen molar-refractivity contribution < 1.29 is 9.90 Å². The molecule has 1 unspecified atom stereocenters. The fourth-order valence-electron chi connectivity index (χ4n) is 4.75. The number of nitrogens with zero attached hydrogens (tertiary/aromatic N) is 3. The fraction of sp³-hybridized carbons (Fsp3) is 0.393. The van der Waals surface area contributed by atoms with Crippen molar-refractivity contribution in [3.05, 3.63) is 89.0 Å². The smallest absolute Gasteiger partial charge is 0.253 e. The van der Waals surface area contributed by atoms with Gasteiger partial charge in [0, 0.05) is 36.6 Å². The summed E-state index contributed by atoms with van der Waals surface area (Å²) in [5.41, 5.74) is 0.717. The minimum Gasteiger partial charge on any atom is -0.387 e. The van der Waals surface area contributed by atoms with Crippen LogP contribution >= 0.6 is 0 Å². The maximum absolute atomic E-state index is 13.0. The molecule has 2 atom stereocenters. The minimum absolute atomic E-state index is 0.0949. The molecule has 6 heteroatoms. The van der Waals surface area contributed by atoms with Gasteiger partial charge in [-0.3, -0.25) is 14.2 Å². The van der Waals surface area contributed by atoms with Crippen molar-refractivity contribution in [1.82, 2.24) is 14.5 Å². The van der Waals surface area contributed by atoms with Crippen molar-refractivity contribution in [2.24, 2.45) is 5.41 Å². The highest BCUT2D eigenvalue weighted by molar-refractivity contribution is 5.77. The SMILES string of the molecule is C[C@H](CC(=O)N1CCC(O)(Cn2cnc(-c3ccccc3)cc2=O)C(C)(C)C1)c1ccccc1. The zero-order valence-corrected chi connectivity index (χ0v) is 20.1. The normalized spacial score (nSPS) is 20.6. The predicted molar refractivity (Wildman–Crippen MR) is 133 cm³/mol. The Kier molecular flexibility index (Phi) is 6.71. The molecular weight excluding hydrogens is 426 g/mol. The molecule has 4 rings (SSSR count). The summed E-state index contributed by atoms with van der Waals surface area (Å²) in [4.78, 5) is 32.2. The lowest BCUT2D eigenvalue weighted by atomic mass is 9.69. The molecule has 1 N–H and O–H groups in total. The van der Waals surface area contributed by atoms with E-state index in [0.717, 1.165) is 11.1 Å². The minimum atomic E-state index is -1.13. The van der Waals surface area contributed by atoms with E-state index in [1.54, 1.807) is 0 Å². The summed E-state index contributed by atoms with van der Waals surface area (Å²) < 4.78 is 1.48. The number of carbonyl (C=O) groups excluding carboxylic acids is 1. The molecule has 1 amide bonds. The summed E-state index contributed by atoms with van der Waals surface area (Å²) in [7, 11) is 0. The number of piperidine rings is 1. The number of hydrogen-bond acceptors (Lipinski definition) is 4. The highest BCUT2D eigenvalue weighted by atomic mass is 16.3. The number of aliphatic hydroxyl groups is 1. The standard InChI is InChI=1S/C28H33N3O3/c1-21(22-10-6-4-7-11-22)16-25(32)30-15-14-28(34,27(2,3)18-30)19-31-20-29-24(17-26(31)33)23-12-8-5-9-13-23/h4-13,17,20-21,34H,14-16,18-19H2,1-3H3/t21-,28?/m1/s1. The van der Waals surface area contributed by atoms with Crippen molar-refractivity contribution >= 4 is 5.91 Å². The van der Waals surface area contributed by atoms with Gasteiger partial charge < -0.3 is 10.0 Å². The Balaban J connectivity index is 1.44. The molecule has 1 aliphatic heterocycles. The lowest BCUT2D eigenvalue weighted by Gasteiger charge is -2.50. The summed E-state index contributed by atoms with van der Waals surface area (Å²) in [5.74, 6) is 0.225. The lowest BCUT2D eigenvalue weighted by molar-refractivity contribution is -0.154. The topological polar surface area (TPSA) is 75.4 Å². The molecule has 0 bridgehead atoms. The summed E-state index contributed by atoms with van der Waals surface area (Å²) in [5, 5.41) is 11.6. The second kappa shape index (κ2) is 9.55. The Labute approximate surface area is 200 Å². The molecule has 178 valence electrons. The van der Waals surface area contributed by atoms with Crippen LogP contribution in [0.2, 0.25) is 0 Å². The molecule has 2 aromatic carbocycles. The maximum atomic E-state index is 13.0. The third-order valence-corrected chi connectivity index (χ3v) is 7.22. The van der Waals surface area contributed by atoms with E-state index in [0.29, 0.717) is 31.6 Å². The molecule has 1 fully saturated rings. The van der Waals surface area contributed by atoms with Crippen LogP contribution in [0.4, 0.5) is 0 Å². The number of aromatic nitrogens is 2. The van der Waals surface area contributed by atoms with Crippen LogP contribution in [0.3, 0.4) is 0 Å². The van der Waals surface area contributed by atoms with Gasteiger partial charge in [-0.05, 0) is 17.9 Å². The van der Waals surface area contributed by atoms with Gasteiger partial charge in [-0.15, -0.1) is 0 Å². The van der Waals surface area contributed by atoms with E-state index in [2.05, 4.69) is 11.9 Å². The van der Waals surface area contributed by atoms with E-state index < -0.39 is 11.0 Å². The maximum Gasteiger partial charge on any atom is 0.253 e. The van der Waals surface area contributed by atoms with Crippen LogP contribution in [0.5, 0.6) is 0 Å². The van der Waals surface area contributed by atoms with Gasteiger partial charge in [0.25, 0.3) is 5.56 Å². The van der Waals surface area contributed by atoms with Gasteiger partial charge in [0.15, 0.2) is 0 Å². The molecule has 1 saturated heterocycles. The Bertz CT molecular complexity index is 1190. The average molecular weight is 460 g/mol. The second-order valence-electron chi connectivity index (χ2n) is 10.1.